The molecule has 36 heavy (non-hydrogen) atoms. The zero-order valence-corrected chi connectivity index (χ0v) is 19.9. The first-order chi connectivity index (χ1) is 17.1. The van der Waals surface area contributed by atoms with Crippen molar-refractivity contribution >= 4 is 11.6 Å². The molecule has 12 heteroatoms. The Morgan fingerprint density at radius 3 is 2.67 bits per heavy atom. The molecule has 0 saturated carbocycles. The summed E-state index contributed by atoms with van der Waals surface area (Å²) in [6.07, 6.45) is 4.20. The van der Waals surface area contributed by atoms with E-state index in [1.807, 2.05) is 6.07 Å². The predicted molar refractivity (Wildman–Crippen MR) is 125 cm³/mol. The number of hydrogen-bond acceptors (Lipinski definition) is 8. The number of amides is 1. The molecule has 3 heterocycles. The van der Waals surface area contributed by atoms with Gasteiger partial charge in [0.2, 0.25) is 5.75 Å². The average Bonchev–Trinajstić information content (AvgIpc) is 3.47. The summed E-state index contributed by atoms with van der Waals surface area (Å²) < 4.78 is 21.4. The van der Waals surface area contributed by atoms with Crippen molar-refractivity contribution in [3.63, 3.8) is 0 Å². The number of halogens is 1. The SMILES string of the molecule is Cc1nn(C)cc1[C@@H](c1ccc(F)cc1C#N)[C@H](C)c1nc(C(=O)Nc2cnoc2)c(O)c(=O)n1C. The maximum absolute atomic E-state index is 14.0. The molecule has 0 radical (unpaired) electrons. The molecule has 0 bridgehead atoms. The fraction of sp³-hybridized carbons (Fsp3) is 0.250. The molecule has 0 aliphatic heterocycles. The van der Waals surface area contributed by atoms with Gasteiger partial charge in [-0.25, -0.2) is 9.37 Å². The van der Waals surface area contributed by atoms with Gasteiger partial charge in [-0.3, -0.25) is 18.8 Å². The van der Waals surface area contributed by atoms with Crippen LogP contribution in [0.5, 0.6) is 5.75 Å². The van der Waals surface area contributed by atoms with Crippen molar-refractivity contribution in [1.82, 2.24) is 24.5 Å². The van der Waals surface area contributed by atoms with Crippen molar-refractivity contribution in [2.45, 2.75) is 25.7 Å². The molecular weight excluding hydrogens is 469 g/mol. The van der Waals surface area contributed by atoms with Crippen LogP contribution in [0.3, 0.4) is 0 Å². The first kappa shape index (κ1) is 24.3. The molecule has 0 fully saturated rings. The number of nitrogens with zero attached hydrogens (tertiary/aromatic N) is 6. The maximum Gasteiger partial charge on any atom is 0.296 e. The molecule has 0 unspecified atom stereocenters. The number of anilines is 1. The van der Waals surface area contributed by atoms with Crippen molar-refractivity contribution in [3.05, 3.63) is 86.9 Å². The normalized spacial score (nSPS) is 12.7. The second-order valence-corrected chi connectivity index (χ2v) is 8.35. The first-order valence-corrected chi connectivity index (χ1v) is 10.8. The Hall–Kier alpha value is -4.79. The van der Waals surface area contributed by atoms with Gasteiger partial charge in [-0.05, 0) is 24.6 Å². The monoisotopic (exact) mass is 491 g/mol. The molecule has 2 N–H and O–H groups in total. The number of carbonyl (C=O) groups excluding carboxylic acids is 1. The van der Waals surface area contributed by atoms with E-state index in [1.165, 1.54) is 31.6 Å². The number of benzene rings is 1. The Labute approximate surface area is 204 Å². The lowest BCUT2D eigenvalue weighted by Crippen LogP contribution is -2.29. The average molecular weight is 491 g/mol. The molecule has 4 aromatic rings. The van der Waals surface area contributed by atoms with Gasteiger partial charge in [0.25, 0.3) is 11.5 Å². The summed E-state index contributed by atoms with van der Waals surface area (Å²) in [5, 5.41) is 30.5. The third-order valence-electron chi connectivity index (χ3n) is 5.97. The van der Waals surface area contributed by atoms with Gasteiger partial charge in [0.1, 0.15) is 23.6 Å². The number of nitrogens with one attached hydrogen (secondary N) is 1. The third kappa shape index (κ3) is 4.34. The summed E-state index contributed by atoms with van der Waals surface area (Å²) in [6.45, 7) is 3.56. The lowest BCUT2D eigenvalue weighted by Gasteiger charge is -2.26. The van der Waals surface area contributed by atoms with Gasteiger partial charge in [0.05, 0.1) is 23.5 Å². The highest BCUT2D eigenvalue weighted by atomic mass is 19.1. The molecule has 184 valence electrons. The largest absolute Gasteiger partial charge is 0.501 e. The smallest absolute Gasteiger partial charge is 0.296 e. The highest BCUT2D eigenvalue weighted by Gasteiger charge is 2.32. The molecule has 1 aromatic carbocycles. The van der Waals surface area contributed by atoms with Crippen molar-refractivity contribution < 1.29 is 18.8 Å². The van der Waals surface area contributed by atoms with E-state index in [0.717, 1.165) is 16.2 Å². The molecule has 2 atom stereocenters. The van der Waals surface area contributed by atoms with Crippen LogP contribution in [0.15, 0.2) is 46.2 Å². The Morgan fingerprint density at radius 2 is 2.06 bits per heavy atom. The summed E-state index contributed by atoms with van der Waals surface area (Å²) in [4.78, 5) is 30.1. The Balaban J connectivity index is 1.90. The van der Waals surface area contributed by atoms with Crippen molar-refractivity contribution in [2.75, 3.05) is 5.32 Å². The van der Waals surface area contributed by atoms with Gasteiger partial charge >= 0.3 is 0 Å². The maximum atomic E-state index is 14.0. The van der Waals surface area contributed by atoms with Gasteiger partial charge in [0.15, 0.2) is 5.69 Å². The number of nitriles is 1. The first-order valence-electron chi connectivity index (χ1n) is 10.8. The Bertz CT molecular complexity index is 1550. The molecule has 0 spiro atoms. The van der Waals surface area contributed by atoms with Crippen LogP contribution in [-0.4, -0.2) is 35.5 Å². The second kappa shape index (κ2) is 9.46. The molecule has 4 rings (SSSR count). The summed E-state index contributed by atoms with van der Waals surface area (Å²) >= 11 is 0. The molecule has 3 aromatic heterocycles. The van der Waals surface area contributed by atoms with Gasteiger partial charge in [-0.15, -0.1) is 0 Å². The van der Waals surface area contributed by atoms with E-state index >= 15 is 0 Å². The number of rotatable bonds is 6. The van der Waals surface area contributed by atoms with Crippen LogP contribution in [0.4, 0.5) is 10.1 Å². The minimum atomic E-state index is -0.838. The van der Waals surface area contributed by atoms with Crippen LogP contribution in [0.2, 0.25) is 0 Å². The third-order valence-corrected chi connectivity index (χ3v) is 5.97. The molecule has 1 amide bonds. The van der Waals surface area contributed by atoms with Crippen LogP contribution in [0, 0.1) is 24.1 Å². The van der Waals surface area contributed by atoms with E-state index in [9.17, 15) is 24.3 Å². The highest BCUT2D eigenvalue weighted by Crippen LogP contribution is 2.40. The van der Waals surface area contributed by atoms with Gasteiger partial charge < -0.3 is 14.9 Å². The number of aryl methyl sites for hydroxylation is 2. The van der Waals surface area contributed by atoms with Gasteiger partial charge in [-0.1, -0.05) is 18.1 Å². The van der Waals surface area contributed by atoms with Gasteiger partial charge in [0, 0.05) is 37.7 Å². The van der Waals surface area contributed by atoms with E-state index in [1.54, 1.807) is 31.8 Å². The Kier molecular flexibility index (Phi) is 6.39. The van der Waals surface area contributed by atoms with Crippen LogP contribution in [0.1, 0.15) is 57.5 Å². The van der Waals surface area contributed by atoms with E-state index in [-0.39, 0.29) is 17.1 Å². The van der Waals surface area contributed by atoms with Crippen LogP contribution >= 0.6 is 0 Å². The second-order valence-electron chi connectivity index (χ2n) is 8.35. The number of aromatic nitrogens is 5. The summed E-state index contributed by atoms with van der Waals surface area (Å²) in [5.41, 5.74) is 0.906. The van der Waals surface area contributed by atoms with Gasteiger partial charge in [-0.2, -0.15) is 10.4 Å². The van der Waals surface area contributed by atoms with Crippen LogP contribution in [-0.2, 0) is 14.1 Å². The van der Waals surface area contributed by atoms with E-state index in [4.69, 9.17) is 0 Å². The molecule has 0 aliphatic carbocycles. The van der Waals surface area contributed by atoms with Crippen molar-refractivity contribution in [2.24, 2.45) is 14.1 Å². The quantitative estimate of drug-likeness (QED) is 0.418. The molecule has 0 saturated heterocycles. The lowest BCUT2D eigenvalue weighted by molar-refractivity contribution is 0.101. The Morgan fingerprint density at radius 1 is 1.31 bits per heavy atom. The van der Waals surface area contributed by atoms with Crippen LogP contribution < -0.4 is 10.9 Å². The fourth-order valence-corrected chi connectivity index (χ4v) is 4.30. The minimum Gasteiger partial charge on any atom is -0.501 e. The molecule has 0 aliphatic rings. The lowest BCUT2D eigenvalue weighted by atomic mass is 9.79. The summed E-state index contributed by atoms with van der Waals surface area (Å²) in [7, 11) is 3.17. The van der Waals surface area contributed by atoms with E-state index in [0.29, 0.717) is 11.3 Å². The predicted octanol–water partition coefficient (Wildman–Crippen LogP) is 2.71. The topological polar surface area (TPSA) is 152 Å². The number of aromatic hydroxyl groups is 1. The summed E-state index contributed by atoms with van der Waals surface area (Å²) in [6, 6.07) is 5.94. The summed E-state index contributed by atoms with van der Waals surface area (Å²) in [5.74, 6) is -3.27. The molecule has 11 nitrogen and oxygen atoms in total. The standard InChI is InChI=1S/C24H22FN7O4/c1-12(19(18-10-31(3)30-13(18)2)17-6-5-15(25)7-14(17)8-26)22-29-20(21(33)24(35)32(22)4)23(34)28-16-9-27-36-11-16/h5-7,9-12,19,33H,1-4H3,(H,28,34)/t12-,19+/m0/s1. The van der Waals surface area contributed by atoms with E-state index < -0.39 is 40.6 Å². The molecular formula is C24H22FN7O4. The van der Waals surface area contributed by atoms with Crippen molar-refractivity contribution in [3.8, 4) is 11.8 Å². The number of hydrogen-bond donors (Lipinski definition) is 2. The van der Waals surface area contributed by atoms with E-state index in [2.05, 4.69) is 25.1 Å². The number of carbonyl (C=O) groups is 1. The zero-order valence-electron chi connectivity index (χ0n) is 19.9. The minimum absolute atomic E-state index is 0.115. The highest BCUT2D eigenvalue weighted by molar-refractivity contribution is 6.04. The van der Waals surface area contributed by atoms with Crippen molar-refractivity contribution in [1.29, 1.82) is 5.26 Å². The fourth-order valence-electron chi connectivity index (χ4n) is 4.30. The van der Waals surface area contributed by atoms with Crippen LogP contribution in [0.25, 0.3) is 0 Å². The zero-order chi connectivity index (χ0) is 26.1.